The Morgan fingerprint density at radius 1 is 1.08 bits per heavy atom. The molecule has 0 atom stereocenters. The lowest BCUT2D eigenvalue weighted by molar-refractivity contribution is -0.132. The van der Waals surface area contributed by atoms with E-state index in [1.54, 1.807) is 17.0 Å². The molecule has 210 valence electrons. The maximum atomic E-state index is 12.9. The van der Waals surface area contributed by atoms with Gasteiger partial charge in [0, 0.05) is 55.8 Å². The van der Waals surface area contributed by atoms with E-state index in [1.165, 1.54) is 37.0 Å². The number of nitrogens with two attached hydrogens (primary N) is 1. The standard InChI is InChI=1S/C30H40N4O4S/c1-32(17-9-10-18-33(2)39-31)27(35)20-38-26-14-8-7-13-24(26)29-28(21-11-5-4-6-12-21)23-16-15-22(30(36)37)19-25(23)34(29)3/h7-8,13-16,19,21H,4-6,9-12,17-18,20,31H2,1-3H3,(H,36,37). The molecule has 1 heterocycles. The number of unbranched alkanes of at least 4 members (excludes halogenated alkanes) is 1. The molecule has 0 saturated heterocycles. The van der Waals surface area contributed by atoms with Crippen molar-refractivity contribution >= 4 is 34.9 Å². The number of amides is 1. The zero-order valence-corrected chi connectivity index (χ0v) is 24.0. The second-order valence-electron chi connectivity index (χ2n) is 10.5. The number of ether oxygens (including phenoxy) is 1. The minimum Gasteiger partial charge on any atom is -0.483 e. The van der Waals surface area contributed by atoms with Crippen molar-refractivity contribution < 1.29 is 19.4 Å². The number of benzene rings is 2. The van der Waals surface area contributed by atoms with Crippen molar-refractivity contribution in [3.05, 3.63) is 53.6 Å². The second-order valence-corrected chi connectivity index (χ2v) is 11.3. The summed E-state index contributed by atoms with van der Waals surface area (Å²) in [6.07, 6.45) is 7.69. The van der Waals surface area contributed by atoms with Gasteiger partial charge in [0.2, 0.25) is 0 Å². The Hall–Kier alpha value is -3.01. The van der Waals surface area contributed by atoms with Crippen LogP contribution in [0.2, 0.25) is 0 Å². The molecular weight excluding hydrogens is 512 g/mol. The number of carboxylic acids is 1. The van der Waals surface area contributed by atoms with Gasteiger partial charge in [-0.2, -0.15) is 0 Å². The summed E-state index contributed by atoms with van der Waals surface area (Å²) >= 11 is 1.21. The summed E-state index contributed by atoms with van der Waals surface area (Å²) in [5, 5.41) is 16.3. The van der Waals surface area contributed by atoms with E-state index in [0.717, 1.165) is 54.4 Å². The minimum absolute atomic E-state index is 0.0437. The first-order valence-corrected chi connectivity index (χ1v) is 14.5. The first-order chi connectivity index (χ1) is 18.8. The van der Waals surface area contributed by atoms with Crippen molar-refractivity contribution in [2.75, 3.05) is 33.8 Å². The molecule has 39 heavy (non-hydrogen) atoms. The molecule has 4 rings (SSSR count). The van der Waals surface area contributed by atoms with Gasteiger partial charge in [-0.05, 0) is 68.5 Å². The lowest BCUT2D eigenvalue weighted by atomic mass is 9.81. The first-order valence-electron chi connectivity index (χ1n) is 13.7. The van der Waals surface area contributed by atoms with Crippen molar-refractivity contribution in [3.8, 4) is 17.0 Å². The summed E-state index contributed by atoms with van der Waals surface area (Å²) in [6, 6.07) is 13.3. The van der Waals surface area contributed by atoms with Crippen molar-refractivity contribution in [1.29, 1.82) is 0 Å². The average molecular weight is 553 g/mol. The third-order valence-electron chi connectivity index (χ3n) is 7.82. The van der Waals surface area contributed by atoms with Crippen LogP contribution in [0.1, 0.15) is 66.8 Å². The number of carbonyl (C=O) groups excluding carboxylic acids is 1. The van der Waals surface area contributed by atoms with Gasteiger partial charge < -0.3 is 19.3 Å². The molecule has 2 aromatic carbocycles. The number of rotatable bonds is 12. The number of aromatic nitrogens is 1. The third kappa shape index (κ3) is 6.77. The molecule has 3 N–H and O–H groups in total. The minimum atomic E-state index is -0.935. The normalized spacial score (nSPS) is 14.2. The van der Waals surface area contributed by atoms with Crippen LogP contribution in [-0.2, 0) is 11.8 Å². The van der Waals surface area contributed by atoms with E-state index >= 15 is 0 Å². The fourth-order valence-corrected chi connectivity index (χ4v) is 5.86. The first kappa shape index (κ1) is 29.0. The third-order valence-corrected chi connectivity index (χ3v) is 8.36. The van der Waals surface area contributed by atoms with Gasteiger partial charge in [0.1, 0.15) is 5.75 Å². The molecule has 1 aromatic heterocycles. The van der Waals surface area contributed by atoms with Gasteiger partial charge in [-0.25, -0.2) is 9.10 Å². The molecular formula is C30H40N4O4S. The zero-order chi connectivity index (χ0) is 27.9. The number of fused-ring (bicyclic) bond motifs is 1. The summed E-state index contributed by atoms with van der Waals surface area (Å²) in [5.74, 6) is 0.0467. The second kappa shape index (κ2) is 13.4. The molecule has 1 amide bonds. The molecule has 1 fully saturated rings. The van der Waals surface area contributed by atoms with Gasteiger partial charge in [0.05, 0.1) is 11.3 Å². The van der Waals surface area contributed by atoms with E-state index in [-0.39, 0.29) is 18.1 Å². The highest BCUT2D eigenvalue weighted by Crippen LogP contribution is 2.45. The largest absolute Gasteiger partial charge is 0.483 e. The molecule has 0 radical (unpaired) electrons. The Balaban J connectivity index is 1.60. The molecule has 0 bridgehead atoms. The molecule has 0 aliphatic heterocycles. The Morgan fingerprint density at radius 3 is 2.51 bits per heavy atom. The van der Waals surface area contributed by atoms with Crippen LogP contribution < -0.4 is 9.88 Å². The summed E-state index contributed by atoms with van der Waals surface area (Å²) in [7, 11) is 5.75. The van der Waals surface area contributed by atoms with Gasteiger partial charge in [0.15, 0.2) is 6.61 Å². The van der Waals surface area contributed by atoms with Crippen LogP contribution in [0, 0.1) is 0 Å². The maximum absolute atomic E-state index is 12.9. The molecule has 1 aliphatic rings. The summed E-state index contributed by atoms with van der Waals surface area (Å²) in [5.41, 5.74) is 4.39. The number of hydrogen-bond donors (Lipinski definition) is 2. The van der Waals surface area contributed by atoms with Crippen LogP contribution >= 0.6 is 12.1 Å². The number of aromatic carboxylic acids is 1. The van der Waals surface area contributed by atoms with Crippen molar-refractivity contribution in [2.45, 2.75) is 50.9 Å². The van der Waals surface area contributed by atoms with E-state index in [9.17, 15) is 14.7 Å². The predicted molar refractivity (Wildman–Crippen MR) is 158 cm³/mol. The zero-order valence-electron chi connectivity index (χ0n) is 23.2. The maximum Gasteiger partial charge on any atom is 0.335 e. The molecule has 3 aromatic rings. The van der Waals surface area contributed by atoms with Gasteiger partial charge in [-0.1, -0.05) is 37.5 Å². The fraction of sp³-hybridized carbons (Fsp3) is 0.467. The Bertz CT molecular complexity index is 1300. The van der Waals surface area contributed by atoms with Crippen LogP contribution in [0.15, 0.2) is 42.5 Å². The van der Waals surface area contributed by atoms with E-state index in [0.29, 0.717) is 18.2 Å². The fourth-order valence-electron chi connectivity index (χ4n) is 5.63. The number of para-hydroxylation sites is 1. The van der Waals surface area contributed by atoms with E-state index < -0.39 is 5.97 Å². The molecule has 8 nitrogen and oxygen atoms in total. The van der Waals surface area contributed by atoms with E-state index in [4.69, 9.17) is 9.88 Å². The van der Waals surface area contributed by atoms with Gasteiger partial charge in [-0.3, -0.25) is 9.93 Å². The van der Waals surface area contributed by atoms with Crippen molar-refractivity contribution in [1.82, 2.24) is 13.8 Å². The highest BCUT2D eigenvalue weighted by Gasteiger charge is 2.27. The highest BCUT2D eigenvalue weighted by molar-refractivity contribution is 7.94. The van der Waals surface area contributed by atoms with Crippen molar-refractivity contribution in [3.63, 3.8) is 0 Å². The van der Waals surface area contributed by atoms with Crippen LogP contribution in [0.3, 0.4) is 0 Å². The number of nitrogens with zero attached hydrogens (tertiary/aromatic N) is 3. The van der Waals surface area contributed by atoms with Crippen molar-refractivity contribution in [2.24, 2.45) is 12.2 Å². The molecule has 9 heteroatoms. The predicted octanol–water partition coefficient (Wildman–Crippen LogP) is 5.66. The Kier molecular flexibility index (Phi) is 9.94. The number of carbonyl (C=O) groups is 2. The van der Waals surface area contributed by atoms with E-state index in [2.05, 4.69) is 4.57 Å². The number of likely N-dealkylation sites (N-methyl/N-ethyl adjacent to an activating group) is 1. The topological polar surface area (TPSA) is 101 Å². The molecule has 0 unspecified atom stereocenters. The summed E-state index contributed by atoms with van der Waals surface area (Å²) in [4.78, 5) is 26.3. The number of hydrogen-bond acceptors (Lipinski definition) is 6. The monoisotopic (exact) mass is 552 g/mol. The molecule has 1 saturated carbocycles. The highest BCUT2D eigenvalue weighted by atomic mass is 32.2. The average Bonchev–Trinajstić information content (AvgIpc) is 3.25. The Morgan fingerprint density at radius 2 is 1.79 bits per heavy atom. The van der Waals surface area contributed by atoms with Gasteiger partial charge in [-0.15, -0.1) is 0 Å². The molecule has 0 spiro atoms. The van der Waals surface area contributed by atoms with Crippen LogP contribution in [0.25, 0.3) is 22.2 Å². The van der Waals surface area contributed by atoms with Crippen LogP contribution in [-0.4, -0.2) is 64.5 Å². The summed E-state index contributed by atoms with van der Waals surface area (Å²) < 4.78 is 10.2. The van der Waals surface area contributed by atoms with Crippen LogP contribution in [0.4, 0.5) is 0 Å². The van der Waals surface area contributed by atoms with Crippen LogP contribution in [0.5, 0.6) is 5.75 Å². The number of carboxylic acid groups (broad SMARTS) is 1. The smallest absolute Gasteiger partial charge is 0.335 e. The lowest BCUT2D eigenvalue weighted by Gasteiger charge is -2.24. The lowest BCUT2D eigenvalue weighted by Crippen LogP contribution is -2.32. The SMILES string of the molecule is CN(CCCCN(C)C(=O)COc1ccccc1-c1c(C2CCCCC2)c2ccc(C(=O)O)cc2n1C)SN. The Labute approximate surface area is 235 Å². The number of aryl methyl sites for hydroxylation is 1. The van der Waals surface area contributed by atoms with Gasteiger partial charge >= 0.3 is 5.97 Å². The summed E-state index contributed by atoms with van der Waals surface area (Å²) in [6.45, 7) is 1.49. The van der Waals surface area contributed by atoms with E-state index in [1.807, 2.05) is 55.8 Å². The molecule has 1 aliphatic carbocycles. The quantitative estimate of drug-likeness (QED) is 0.221. The van der Waals surface area contributed by atoms with Gasteiger partial charge in [0.25, 0.3) is 5.91 Å².